The van der Waals surface area contributed by atoms with Crippen LogP contribution in [0.25, 0.3) is 17.0 Å². The van der Waals surface area contributed by atoms with Crippen molar-refractivity contribution in [3.05, 3.63) is 36.0 Å². The number of hydrogen-bond donors (Lipinski definition) is 1. The lowest BCUT2D eigenvalue weighted by Gasteiger charge is -2.07. The lowest BCUT2D eigenvalue weighted by molar-refractivity contribution is 0.602. The number of aromatic nitrogens is 4. The van der Waals surface area contributed by atoms with Crippen molar-refractivity contribution in [1.82, 2.24) is 19.6 Å². The monoisotopic (exact) mass is 303 g/mol. The van der Waals surface area contributed by atoms with Gasteiger partial charge in [0.05, 0.1) is 4.90 Å². The molecule has 0 aliphatic heterocycles. The Morgan fingerprint density at radius 1 is 1.19 bits per heavy atom. The van der Waals surface area contributed by atoms with Crippen molar-refractivity contribution in [2.75, 3.05) is 12.0 Å². The number of nitrogens with zero attached hydrogens (tertiary/aromatic N) is 4. The molecule has 0 atom stereocenters. The molecule has 21 heavy (non-hydrogen) atoms. The van der Waals surface area contributed by atoms with Crippen molar-refractivity contribution in [3.63, 3.8) is 0 Å². The highest BCUT2D eigenvalue weighted by Crippen LogP contribution is 2.25. The van der Waals surface area contributed by atoms with Crippen molar-refractivity contribution in [2.45, 2.75) is 11.8 Å². The molecule has 7 nitrogen and oxygen atoms in total. The Bertz CT molecular complexity index is 946. The van der Waals surface area contributed by atoms with Gasteiger partial charge in [0.25, 0.3) is 0 Å². The lowest BCUT2D eigenvalue weighted by Crippen LogP contribution is -2.03. The Kier molecular flexibility index (Phi) is 2.91. The highest BCUT2D eigenvalue weighted by Gasteiger charge is 2.15. The molecule has 0 saturated heterocycles. The van der Waals surface area contributed by atoms with Gasteiger partial charge in [0.15, 0.2) is 21.3 Å². The summed E-state index contributed by atoms with van der Waals surface area (Å²) < 4.78 is 24.8. The van der Waals surface area contributed by atoms with Gasteiger partial charge in [0.1, 0.15) is 0 Å². The topological polar surface area (TPSA) is 103 Å². The molecule has 0 unspecified atom stereocenters. The molecule has 1 aromatic carbocycles. The molecule has 2 heterocycles. The molecule has 8 heteroatoms. The van der Waals surface area contributed by atoms with Gasteiger partial charge in [-0.3, -0.25) is 0 Å². The van der Waals surface area contributed by atoms with Gasteiger partial charge in [-0.1, -0.05) is 0 Å². The van der Waals surface area contributed by atoms with Crippen LogP contribution in [0.2, 0.25) is 0 Å². The fraction of sp³-hybridized carbons (Fsp3) is 0.154. The Balaban J connectivity index is 2.25. The van der Waals surface area contributed by atoms with Crippen molar-refractivity contribution in [3.8, 4) is 11.4 Å². The van der Waals surface area contributed by atoms with E-state index in [-0.39, 0.29) is 10.8 Å². The summed E-state index contributed by atoms with van der Waals surface area (Å²) in [7, 11) is -3.24. The summed E-state index contributed by atoms with van der Waals surface area (Å²) >= 11 is 0. The van der Waals surface area contributed by atoms with E-state index >= 15 is 0 Å². The minimum absolute atomic E-state index is 0.267. The van der Waals surface area contributed by atoms with E-state index in [1.165, 1.54) is 6.26 Å². The van der Waals surface area contributed by atoms with Gasteiger partial charge >= 0.3 is 0 Å². The van der Waals surface area contributed by atoms with Crippen LogP contribution in [-0.4, -0.2) is 34.3 Å². The van der Waals surface area contributed by atoms with Gasteiger partial charge in [-0.25, -0.2) is 17.8 Å². The van der Waals surface area contributed by atoms with Crippen LogP contribution in [0.15, 0.2) is 35.4 Å². The Morgan fingerprint density at radius 3 is 2.62 bits per heavy atom. The number of nitrogen functional groups attached to an aromatic ring is 1. The summed E-state index contributed by atoms with van der Waals surface area (Å²) in [6.45, 7) is 1.82. The summed E-state index contributed by atoms with van der Waals surface area (Å²) in [6.07, 6.45) is 2.73. The zero-order valence-electron chi connectivity index (χ0n) is 11.5. The van der Waals surface area contributed by atoms with Gasteiger partial charge in [0, 0.05) is 24.1 Å². The van der Waals surface area contributed by atoms with Crippen LogP contribution in [0, 0.1) is 6.92 Å². The Hall–Kier alpha value is -2.48. The first kappa shape index (κ1) is 13.5. The number of benzene rings is 1. The normalized spacial score (nSPS) is 11.9. The molecule has 108 valence electrons. The zero-order valence-corrected chi connectivity index (χ0v) is 12.3. The first-order chi connectivity index (χ1) is 9.88. The second kappa shape index (κ2) is 4.52. The highest BCUT2D eigenvalue weighted by atomic mass is 32.2. The van der Waals surface area contributed by atoms with Gasteiger partial charge in [-0.2, -0.15) is 0 Å². The predicted molar refractivity (Wildman–Crippen MR) is 78.5 cm³/mol. The van der Waals surface area contributed by atoms with E-state index < -0.39 is 9.84 Å². The minimum atomic E-state index is -3.24. The summed E-state index contributed by atoms with van der Waals surface area (Å²) in [5.74, 6) is 0.812. The fourth-order valence-electron chi connectivity index (χ4n) is 2.16. The van der Waals surface area contributed by atoms with Gasteiger partial charge in [-0.05, 0) is 30.7 Å². The molecule has 0 radical (unpaired) electrons. The van der Waals surface area contributed by atoms with Crippen LogP contribution in [0.4, 0.5) is 5.95 Å². The SMILES string of the molecule is Cc1cc(S(C)(=O)=O)ccc1-c1nnc2ccnc(N)n12. The smallest absolute Gasteiger partial charge is 0.207 e. The quantitative estimate of drug-likeness (QED) is 0.760. The van der Waals surface area contributed by atoms with Crippen molar-refractivity contribution in [1.29, 1.82) is 0 Å². The molecule has 0 bridgehead atoms. The van der Waals surface area contributed by atoms with Gasteiger partial charge in [-0.15, -0.1) is 10.2 Å². The molecular weight excluding hydrogens is 290 g/mol. The van der Waals surface area contributed by atoms with Gasteiger partial charge < -0.3 is 5.73 Å². The number of hydrogen-bond acceptors (Lipinski definition) is 6. The molecule has 0 aliphatic rings. The summed E-state index contributed by atoms with van der Waals surface area (Å²) in [4.78, 5) is 4.28. The third kappa shape index (κ3) is 2.23. The highest BCUT2D eigenvalue weighted by molar-refractivity contribution is 7.90. The molecular formula is C13H13N5O2S. The van der Waals surface area contributed by atoms with Crippen LogP contribution >= 0.6 is 0 Å². The molecule has 0 fully saturated rings. The standard InChI is InChI=1S/C13H13N5O2S/c1-8-7-9(21(2,19)20)3-4-10(8)12-17-16-11-5-6-15-13(14)18(11)12/h3-7H,1-2H3,(H2,14,15). The van der Waals surface area contributed by atoms with Crippen LogP contribution in [0.3, 0.4) is 0 Å². The number of nitrogens with two attached hydrogens (primary N) is 1. The Labute approximate surface area is 121 Å². The predicted octanol–water partition coefficient (Wildman–Crippen LogP) is 1.09. The molecule has 2 N–H and O–H groups in total. The third-order valence-electron chi connectivity index (χ3n) is 3.21. The Morgan fingerprint density at radius 2 is 1.95 bits per heavy atom. The molecule has 0 aliphatic carbocycles. The average Bonchev–Trinajstić information content (AvgIpc) is 2.83. The van der Waals surface area contributed by atoms with Crippen LogP contribution < -0.4 is 5.73 Å². The molecule has 3 rings (SSSR count). The van der Waals surface area contributed by atoms with Crippen molar-refractivity contribution in [2.24, 2.45) is 0 Å². The number of anilines is 1. The maximum atomic E-state index is 11.6. The van der Waals surface area contributed by atoms with Crippen LogP contribution in [0.5, 0.6) is 0 Å². The van der Waals surface area contributed by atoms with E-state index in [0.29, 0.717) is 11.5 Å². The summed E-state index contributed by atoms with van der Waals surface area (Å²) in [6, 6.07) is 6.56. The van der Waals surface area contributed by atoms with E-state index in [2.05, 4.69) is 15.2 Å². The maximum Gasteiger partial charge on any atom is 0.207 e. The maximum absolute atomic E-state index is 11.6. The van der Waals surface area contributed by atoms with Crippen LogP contribution in [-0.2, 0) is 9.84 Å². The fourth-order valence-corrected chi connectivity index (χ4v) is 2.87. The van der Waals surface area contributed by atoms with E-state index in [0.717, 1.165) is 11.1 Å². The largest absolute Gasteiger partial charge is 0.369 e. The minimum Gasteiger partial charge on any atom is -0.369 e. The van der Waals surface area contributed by atoms with E-state index in [9.17, 15) is 8.42 Å². The number of fused-ring (bicyclic) bond motifs is 1. The molecule has 2 aromatic heterocycles. The first-order valence-corrected chi connectivity index (χ1v) is 8.04. The van der Waals surface area contributed by atoms with Crippen LogP contribution in [0.1, 0.15) is 5.56 Å². The van der Waals surface area contributed by atoms with E-state index in [1.54, 1.807) is 34.9 Å². The molecule has 0 amide bonds. The second-order valence-electron chi connectivity index (χ2n) is 4.77. The molecule has 0 saturated carbocycles. The van der Waals surface area contributed by atoms with E-state index in [1.807, 2.05) is 6.92 Å². The number of rotatable bonds is 2. The van der Waals surface area contributed by atoms with E-state index in [4.69, 9.17) is 5.73 Å². The first-order valence-electron chi connectivity index (χ1n) is 6.14. The number of aryl methyl sites for hydroxylation is 1. The lowest BCUT2D eigenvalue weighted by atomic mass is 10.1. The van der Waals surface area contributed by atoms with Crippen molar-refractivity contribution < 1.29 is 8.42 Å². The zero-order chi connectivity index (χ0) is 15.2. The summed E-state index contributed by atoms with van der Waals surface area (Å²) in [5, 5.41) is 8.17. The van der Waals surface area contributed by atoms with Gasteiger partial charge in [0.2, 0.25) is 5.95 Å². The summed E-state index contributed by atoms with van der Waals surface area (Å²) in [5.41, 5.74) is 7.98. The molecule has 0 spiro atoms. The average molecular weight is 303 g/mol. The molecule has 3 aromatic rings. The number of sulfone groups is 1. The third-order valence-corrected chi connectivity index (χ3v) is 4.32. The second-order valence-corrected chi connectivity index (χ2v) is 6.78. The van der Waals surface area contributed by atoms with Crippen molar-refractivity contribution >= 4 is 21.4 Å².